The second kappa shape index (κ2) is 5.36. The zero-order chi connectivity index (χ0) is 13.0. The Labute approximate surface area is 111 Å². The van der Waals surface area contributed by atoms with E-state index in [-0.39, 0.29) is 0 Å². The first kappa shape index (κ1) is 12.8. The molecule has 1 heteroatoms. The van der Waals surface area contributed by atoms with Crippen molar-refractivity contribution < 1.29 is 0 Å². The van der Waals surface area contributed by atoms with Crippen LogP contribution in [-0.4, -0.2) is 8.07 Å². The van der Waals surface area contributed by atoms with Crippen molar-refractivity contribution in [3.8, 4) is 0 Å². The molecule has 2 aromatic rings. The minimum Gasteiger partial charge on any atom is -0.0919 e. The summed E-state index contributed by atoms with van der Waals surface area (Å²) >= 11 is 0. The third kappa shape index (κ3) is 2.18. The highest BCUT2D eigenvalue weighted by molar-refractivity contribution is 7.06. The molecule has 0 unspecified atom stereocenters. The molecule has 0 radical (unpaired) electrons. The Morgan fingerprint density at radius 1 is 0.833 bits per heavy atom. The van der Waals surface area contributed by atoms with Crippen molar-refractivity contribution in [2.24, 2.45) is 0 Å². The van der Waals surface area contributed by atoms with Crippen LogP contribution in [0.3, 0.4) is 0 Å². The van der Waals surface area contributed by atoms with Crippen LogP contribution < -0.4 is 10.4 Å². The fourth-order valence-electron chi connectivity index (χ4n) is 2.45. The smallest absolute Gasteiger partial charge is 0.0919 e. The van der Waals surface area contributed by atoms with E-state index in [4.69, 9.17) is 0 Å². The quantitative estimate of drug-likeness (QED) is 0.735. The van der Waals surface area contributed by atoms with E-state index in [1.165, 1.54) is 15.6 Å². The highest BCUT2D eigenvalue weighted by Crippen LogP contribution is 2.15. The summed E-state index contributed by atoms with van der Waals surface area (Å²) in [6.07, 6.45) is 2.27. The fraction of sp³-hybridized carbons (Fsp3) is 0.176. The molecule has 0 aliphatic carbocycles. The average molecular weight is 252 g/mol. The van der Waals surface area contributed by atoms with E-state index >= 15 is 0 Å². The Morgan fingerprint density at radius 3 is 1.56 bits per heavy atom. The molecule has 2 rings (SSSR count). The molecule has 0 atom stereocenters. The summed E-state index contributed by atoms with van der Waals surface area (Å²) in [6.45, 7) is 6.85. The molecule has 0 aliphatic rings. The SMILES string of the molecule is CC=C(C)[Si](C)(c1ccccc1)c1ccccc1. The van der Waals surface area contributed by atoms with Crippen molar-refractivity contribution in [3.05, 3.63) is 71.9 Å². The van der Waals surface area contributed by atoms with Gasteiger partial charge < -0.3 is 0 Å². The van der Waals surface area contributed by atoms with Gasteiger partial charge in [0.2, 0.25) is 0 Å². The largest absolute Gasteiger partial charge is 0.140 e. The number of allylic oxidation sites excluding steroid dienone is 2. The van der Waals surface area contributed by atoms with Gasteiger partial charge in [0.1, 0.15) is 8.07 Å². The highest BCUT2D eigenvalue weighted by Gasteiger charge is 2.32. The van der Waals surface area contributed by atoms with Gasteiger partial charge in [-0.2, -0.15) is 0 Å². The van der Waals surface area contributed by atoms with Gasteiger partial charge in [-0.1, -0.05) is 78.5 Å². The third-order valence-electron chi connectivity index (χ3n) is 3.92. The van der Waals surface area contributed by atoms with Crippen molar-refractivity contribution in [2.75, 3.05) is 0 Å². The number of benzene rings is 2. The van der Waals surface area contributed by atoms with Crippen LogP contribution in [-0.2, 0) is 0 Å². The molecular weight excluding hydrogens is 232 g/mol. The maximum atomic E-state index is 2.44. The van der Waals surface area contributed by atoms with Gasteiger partial charge in [0.15, 0.2) is 0 Å². The molecule has 0 bridgehead atoms. The first-order valence-electron chi connectivity index (χ1n) is 6.44. The van der Waals surface area contributed by atoms with E-state index in [0.29, 0.717) is 0 Å². The average Bonchev–Trinajstić information content (AvgIpc) is 2.47. The Morgan fingerprint density at radius 2 is 1.22 bits per heavy atom. The van der Waals surface area contributed by atoms with Gasteiger partial charge in [0, 0.05) is 0 Å². The molecule has 0 amide bonds. The molecule has 0 nitrogen and oxygen atoms in total. The fourth-order valence-corrected chi connectivity index (χ4v) is 5.99. The normalized spacial score (nSPS) is 12.5. The van der Waals surface area contributed by atoms with Gasteiger partial charge >= 0.3 is 0 Å². The van der Waals surface area contributed by atoms with Gasteiger partial charge in [-0.3, -0.25) is 0 Å². The lowest BCUT2D eigenvalue weighted by atomic mass is 10.4. The molecule has 0 aliphatic heterocycles. The van der Waals surface area contributed by atoms with Crippen LogP contribution in [0.4, 0.5) is 0 Å². The monoisotopic (exact) mass is 252 g/mol. The number of hydrogen-bond acceptors (Lipinski definition) is 0. The molecular formula is C17H20Si. The van der Waals surface area contributed by atoms with Crippen molar-refractivity contribution in [1.82, 2.24) is 0 Å². The second-order valence-corrected chi connectivity index (χ2v) is 9.02. The molecule has 2 aromatic carbocycles. The molecule has 0 fully saturated rings. The molecule has 0 aromatic heterocycles. The Bertz CT molecular complexity index is 487. The Kier molecular flexibility index (Phi) is 3.83. The summed E-state index contributed by atoms with van der Waals surface area (Å²) in [6, 6.07) is 21.8. The number of hydrogen-bond donors (Lipinski definition) is 0. The van der Waals surface area contributed by atoms with Gasteiger partial charge in [-0.15, -0.1) is 0 Å². The molecule has 0 spiro atoms. The van der Waals surface area contributed by atoms with Crippen LogP contribution in [0.25, 0.3) is 0 Å². The first-order valence-corrected chi connectivity index (χ1v) is 8.94. The third-order valence-corrected chi connectivity index (χ3v) is 8.77. The Balaban J connectivity index is 2.63. The van der Waals surface area contributed by atoms with E-state index in [2.05, 4.69) is 87.1 Å². The van der Waals surface area contributed by atoms with Crippen LogP contribution in [0.15, 0.2) is 71.9 Å². The molecule has 92 valence electrons. The molecule has 0 saturated carbocycles. The van der Waals surface area contributed by atoms with Crippen LogP contribution in [0, 0.1) is 0 Å². The summed E-state index contributed by atoms with van der Waals surface area (Å²) in [7, 11) is -1.74. The summed E-state index contributed by atoms with van der Waals surface area (Å²) in [5, 5.41) is 4.47. The van der Waals surface area contributed by atoms with E-state index in [0.717, 1.165) is 0 Å². The van der Waals surface area contributed by atoms with Crippen LogP contribution in [0.1, 0.15) is 13.8 Å². The maximum Gasteiger partial charge on any atom is 0.140 e. The first-order chi connectivity index (χ1) is 8.69. The summed E-state index contributed by atoms with van der Waals surface area (Å²) < 4.78 is 0. The van der Waals surface area contributed by atoms with Crippen LogP contribution >= 0.6 is 0 Å². The lowest BCUT2D eigenvalue weighted by Crippen LogP contribution is -2.56. The predicted octanol–water partition coefficient (Wildman–Crippen LogP) is 3.38. The van der Waals surface area contributed by atoms with E-state index < -0.39 is 8.07 Å². The molecule has 18 heavy (non-hydrogen) atoms. The van der Waals surface area contributed by atoms with Gasteiger partial charge in [-0.05, 0) is 24.2 Å². The summed E-state index contributed by atoms with van der Waals surface area (Å²) in [5.41, 5.74) is 0. The minimum absolute atomic E-state index is 1.48. The molecule has 0 N–H and O–H groups in total. The van der Waals surface area contributed by atoms with Crippen molar-refractivity contribution in [2.45, 2.75) is 20.4 Å². The predicted molar refractivity (Wildman–Crippen MR) is 83.2 cm³/mol. The van der Waals surface area contributed by atoms with Crippen molar-refractivity contribution in [1.29, 1.82) is 0 Å². The lowest BCUT2D eigenvalue weighted by Gasteiger charge is -2.30. The maximum absolute atomic E-state index is 2.44. The minimum atomic E-state index is -1.74. The van der Waals surface area contributed by atoms with E-state index in [1.54, 1.807) is 0 Å². The van der Waals surface area contributed by atoms with Gasteiger partial charge in [0.05, 0.1) is 0 Å². The van der Waals surface area contributed by atoms with Gasteiger partial charge in [0.25, 0.3) is 0 Å². The topological polar surface area (TPSA) is 0 Å². The molecule has 0 heterocycles. The van der Waals surface area contributed by atoms with Crippen LogP contribution in [0.2, 0.25) is 6.55 Å². The van der Waals surface area contributed by atoms with Crippen molar-refractivity contribution >= 4 is 18.4 Å². The molecule has 0 saturated heterocycles. The van der Waals surface area contributed by atoms with Crippen molar-refractivity contribution in [3.63, 3.8) is 0 Å². The van der Waals surface area contributed by atoms with E-state index in [9.17, 15) is 0 Å². The highest BCUT2D eigenvalue weighted by atomic mass is 28.3. The second-order valence-electron chi connectivity index (χ2n) is 4.83. The number of rotatable bonds is 3. The zero-order valence-electron chi connectivity index (χ0n) is 11.4. The summed E-state index contributed by atoms with van der Waals surface area (Å²) in [5.74, 6) is 0. The summed E-state index contributed by atoms with van der Waals surface area (Å²) in [4.78, 5) is 0. The van der Waals surface area contributed by atoms with Crippen LogP contribution in [0.5, 0.6) is 0 Å². The van der Waals surface area contributed by atoms with Gasteiger partial charge in [-0.25, -0.2) is 0 Å². The van der Waals surface area contributed by atoms with E-state index in [1.807, 2.05) is 0 Å². The zero-order valence-corrected chi connectivity index (χ0v) is 12.4. The lowest BCUT2D eigenvalue weighted by molar-refractivity contribution is 1.51. The standard InChI is InChI=1S/C17H20Si/c1-4-15(2)18(3,16-11-7-5-8-12-16)17-13-9-6-10-14-17/h4-14H,1-3H3. The Hall–Kier alpha value is -1.60.